The largest absolute Gasteiger partial charge is 0.451 e. The number of carbonyl (C=O) groups excluding carboxylic acids is 2. The molecule has 1 aliphatic rings. The summed E-state index contributed by atoms with van der Waals surface area (Å²) >= 11 is 0. The van der Waals surface area contributed by atoms with Crippen molar-refractivity contribution < 1.29 is 14.0 Å². The van der Waals surface area contributed by atoms with E-state index < -0.39 is 5.91 Å². The standard InChI is InChI=1S/C11H11N3O3/c12-10(15)7-1-3-8(4-2-7)14-11(16)9-5-17-6-13-9/h1-3,5-6,8H,4H2,(H2,12,15)(H,14,16). The summed E-state index contributed by atoms with van der Waals surface area (Å²) < 4.78 is 4.71. The Morgan fingerprint density at radius 1 is 1.53 bits per heavy atom. The first kappa shape index (κ1) is 11.1. The number of carbonyl (C=O) groups is 2. The number of hydrogen-bond donors (Lipinski definition) is 2. The number of aromatic nitrogens is 1. The molecule has 1 aliphatic carbocycles. The molecule has 1 aromatic rings. The molecule has 88 valence electrons. The third-order valence-electron chi connectivity index (χ3n) is 2.37. The minimum absolute atomic E-state index is 0.165. The van der Waals surface area contributed by atoms with E-state index in [-0.39, 0.29) is 17.6 Å². The van der Waals surface area contributed by atoms with Gasteiger partial charge in [0.15, 0.2) is 12.1 Å². The summed E-state index contributed by atoms with van der Waals surface area (Å²) in [6.07, 6.45) is 8.00. The van der Waals surface area contributed by atoms with Crippen molar-refractivity contribution >= 4 is 11.8 Å². The van der Waals surface area contributed by atoms with E-state index in [4.69, 9.17) is 10.2 Å². The smallest absolute Gasteiger partial charge is 0.273 e. The highest BCUT2D eigenvalue weighted by atomic mass is 16.3. The maximum atomic E-state index is 11.6. The maximum Gasteiger partial charge on any atom is 0.273 e. The first-order valence-electron chi connectivity index (χ1n) is 5.04. The SMILES string of the molecule is NC(=O)C1=CCC(NC(=O)c2cocn2)C=C1. The maximum absolute atomic E-state index is 11.6. The third kappa shape index (κ3) is 2.60. The van der Waals surface area contributed by atoms with Crippen LogP contribution in [0.15, 0.2) is 40.9 Å². The summed E-state index contributed by atoms with van der Waals surface area (Å²) in [5.74, 6) is -0.785. The number of amides is 2. The van der Waals surface area contributed by atoms with Gasteiger partial charge in [0.25, 0.3) is 5.91 Å². The fraction of sp³-hybridized carbons (Fsp3) is 0.182. The van der Waals surface area contributed by atoms with Crippen LogP contribution in [0.1, 0.15) is 16.9 Å². The van der Waals surface area contributed by atoms with Crippen molar-refractivity contribution in [2.75, 3.05) is 0 Å². The van der Waals surface area contributed by atoms with Gasteiger partial charge in [-0.15, -0.1) is 0 Å². The van der Waals surface area contributed by atoms with E-state index in [1.54, 1.807) is 18.2 Å². The van der Waals surface area contributed by atoms with Crippen LogP contribution in [0.5, 0.6) is 0 Å². The fourth-order valence-corrected chi connectivity index (χ4v) is 1.48. The van der Waals surface area contributed by atoms with E-state index >= 15 is 0 Å². The lowest BCUT2D eigenvalue weighted by molar-refractivity contribution is -0.114. The van der Waals surface area contributed by atoms with Gasteiger partial charge >= 0.3 is 0 Å². The molecule has 0 aliphatic heterocycles. The Labute approximate surface area is 97.2 Å². The van der Waals surface area contributed by atoms with Crippen molar-refractivity contribution in [2.45, 2.75) is 12.5 Å². The highest BCUT2D eigenvalue weighted by Crippen LogP contribution is 2.10. The van der Waals surface area contributed by atoms with E-state index in [9.17, 15) is 9.59 Å². The molecule has 2 rings (SSSR count). The number of nitrogens with zero attached hydrogens (tertiary/aromatic N) is 1. The Hall–Kier alpha value is -2.37. The topological polar surface area (TPSA) is 98.2 Å². The second kappa shape index (κ2) is 4.65. The lowest BCUT2D eigenvalue weighted by Crippen LogP contribution is -2.34. The number of primary amides is 1. The summed E-state index contributed by atoms with van der Waals surface area (Å²) in [5.41, 5.74) is 5.80. The van der Waals surface area contributed by atoms with Crippen molar-refractivity contribution in [1.29, 1.82) is 0 Å². The number of nitrogens with one attached hydrogen (secondary N) is 1. The molecule has 0 fully saturated rings. The molecule has 0 spiro atoms. The summed E-state index contributed by atoms with van der Waals surface area (Å²) in [6.45, 7) is 0. The minimum atomic E-state index is -0.470. The first-order valence-corrected chi connectivity index (χ1v) is 5.04. The molecule has 1 aromatic heterocycles. The summed E-state index contributed by atoms with van der Waals surface area (Å²) in [4.78, 5) is 26.2. The third-order valence-corrected chi connectivity index (χ3v) is 2.37. The second-order valence-corrected chi connectivity index (χ2v) is 3.57. The number of hydrogen-bond acceptors (Lipinski definition) is 4. The average molecular weight is 233 g/mol. The van der Waals surface area contributed by atoms with Crippen molar-refractivity contribution in [2.24, 2.45) is 5.73 Å². The van der Waals surface area contributed by atoms with Gasteiger partial charge in [-0.25, -0.2) is 4.98 Å². The summed E-state index contributed by atoms with van der Waals surface area (Å²) in [7, 11) is 0. The van der Waals surface area contributed by atoms with Crippen LogP contribution in [0.4, 0.5) is 0 Å². The average Bonchev–Trinajstić information content (AvgIpc) is 2.83. The fourth-order valence-electron chi connectivity index (χ4n) is 1.48. The van der Waals surface area contributed by atoms with Crippen LogP contribution in [0, 0.1) is 0 Å². The lowest BCUT2D eigenvalue weighted by atomic mass is 10.0. The van der Waals surface area contributed by atoms with Gasteiger partial charge in [-0.2, -0.15) is 0 Å². The molecule has 0 bridgehead atoms. The molecule has 0 aromatic carbocycles. The Morgan fingerprint density at radius 2 is 2.35 bits per heavy atom. The Morgan fingerprint density at radius 3 is 2.88 bits per heavy atom. The normalized spacial score (nSPS) is 18.6. The highest BCUT2D eigenvalue weighted by molar-refractivity contribution is 5.95. The van der Waals surface area contributed by atoms with E-state index in [0.717, 1.165) is 0 Å². The molecule has 0 saturated heterocycles. The van der Waals surface area contributed by atoms with Gasteiger partial charge < -0.3 is 15.5 Å². The predicted octanol–water partition coefficient (Wildman–Crippen LogP) is 0.145. The molecule has 0 saturated carbocycles. The van der Waals surface area contributed by atoms with E-state index in [1.807, 2.05) is 0 Å². The van der Waals surface area contributed by atoms with Gasteiger partial charge in [0.2, 0.25) is 5.91 Å². The van der Waals surface area contributed by atoms with Gasteiger partial charge in [0.05, 0.1) is 6.04 Å². The van der Waals surface area contributed by atoms with Gasteiger partial charge in [-0.05, 0) is 6.42 Å². The van der Waals surface area contributed by atoms with E-state index in [2.05, 4.69) is 10.3 Å². The van der Waals surface area contributed by atoms with Gasteiger partial charge in [0.1, 0.15) is 6.26 Å². The van der Waals surface area contributed by atoms with Crippen LogP contribution in [0.3, 0.4) is 0 Å². The van der Waals surface area contributed by atoms with E-state index in [0.29, 0.717) is 12.0 Å². The highest BCUT2D eigenvalue weighted by Gasteiger charge is 2.16. The van der Waals surface area contributed by atoms with Gasteiger partial charge in [0, 0.05) is 5.57 Å². The number of rotatable bonds is 3. The van der Waals surface area contributed by atoms with Crippen molar-refractivity contribution in [3.05, 3.63) is 42.2 Å². The zero-order valence-corrected chi connectivity index (χ0v) is 8.92. The Balaban J connectivity index is 1.94. The molecule has 1 unspecified atom stereocenters. The van der Waals surface area contributed by atoms with Crippen LogP contribution >= 0.6 is 0 Å². The second-order valence-electron chi connectivity index (χ2n) is 3.57. The van der Waals surface area contributed by atoms with Crippen molar-refractivity contribution in [3.63, 3.8) is 0 Å². The van der Waals surface area contributed by atoms with Crippen molar-refractivity contribution in [3.8, 4) is 0 Å². The first-order chi connectivity index (χ1) is 8.16. The molecule has 2 amide bonds. The Bertz CT molecular complexity index is 488. The monoisotopic (exact) mass is 233 g/mol. The Kier molecular flexibility index (Phi) is 3.04. The minimum Gasteiger partial charge on any atom is -0.451 e. The van der Waals surface area contributed by atoms with E-state index in [1.165, 1.54) is 12.7 Å². The molecule has 6 heteroatoms. The van der Waals surface area contributed by atoms with Crippen LogP contribution in [0.25, 0.3) is 0 Å². The molecular weight excluding hydrogens is 222 g/mol. The quantitative estimate of drug-likeness (QED) is 0.776. The molecule has 1 heterocycles. The lowest BCUT2D eigenvalue weighted by Gasteiger charge is -2.15. The molecular formula is C11H11N3O3. The van der Waals surface area contributed by atoms with Crippen LogP contribution in [-0.4, -0.2) is 22.8 Å². The predicted molar refractivity (Wildman–Crippen MR) is 58.8 cm³/mol. The van der Waals surface area contributed by atoms with Crippen molar-refractivity contribution in [1.82, 2.24) is 10.3 Å². The molecule has 0 radical (unpaired) electrons. The van der Waals surface area contributed by atoms with Crippen LogP contribution in [0.2, 0.25) is 0 Å². The van der Waals surface area contributed by atoms with Gasteiger partial charge in [-0.3, -0.25) is 9.59 Å². The summed E-state index contributed by atoms with van der Waals surface area (Å²) in [5, 5.41) is 2.74. The summed E-state index contributed by atoms with van der Waals surface area (Å²) in [6, 6.07) is -0.165. The molecule has 6 nitrogen and oxygen atoms in total. The number of oxazole rings is 1. The molecule has 3 N–H and O–H groups in total. The van der Waals surface area contributed by atoms with Gasteiger partial charge in [-0.1, -0.05) is 18.2 Å². The molecule has 17 heavy (non-hydrogen) atoms. The molecule has 1 atom stereocenters. The van der Waals surface area contributed by atoms with Crippen LogP contribution in [-0.2, 0) is 4.79 Å². The number of nitrogens with two attached hydrogens (primary N) is 1. The van der Waals surface area contributed by atoms with Crippen LogP contribution < -0.4 is 11.1 Å². The zero-order chi connectivity index (χ0) is 12.3. The zero-order valence-electron chi connectivity index (χ0n) is 8.92.